The average molecular weight is 328 g/mol. The van der Waals surface area contributed by atoms with Crippen molar-refractivity contribution < 1.29 is 9.53 Å². The summed E-state index contributed by atoms with van der Waals surface area (Å²) in [4.78, 5) is 12.6. The van der Waals surface area contributed by atoms with E-state index >= 15 is 0 Å². The van der Waals surface area contributed by atoms with E-state index in [-0.39, 0.29) is 17.3 Å². The molecular weight excluding hydrogens is 296 g/mol. The Morgan fingerprint density at radius 1 is 1.04 bits per heavy atom. The third-order valence-electron chi connectivity index (χ3n) is 6.61. The standard InChI is InChI=1S/C22H32O2/c1-4-22(2,3)19-11-13-20(14-12-19)24-21(23)18-10-9-16-7-5-6-8-17(16)15-18/h11-14,16-18H,4-10,15H2,1-3H3. The minimum Gasteiger partial charge on any atom is -0.426 e. The number of carbonyl (C=O) groups excluding carboxylic acids is 1. The van der Waals surface area contributed by atoms with Gasteiger partial charge in [-0.2, -0.15) is 0 Å². The van der Waals surface area contributed by atoms with E-state index in [0.717, 1.165) is 31.1 Å². The van der Waals surface area contributed by atoms with Crippen LogP contribution < -0.4 is 4.74 Å². The average Bonchev–Trinajstić information content (AvgIpc) is 2.61. The van der Waals surface area contributed by atoms with E-state index in [1.165, 1.54) is 37.7 Å². The van der Waals surface area contributed by atoms with E-state index in [0.29, 0.717) is 5.75 Å². The Balaban J connectivity index is 1.58. The summed E-state index contributed by atoms with van der Waals surface area (Å²) in [5.74, 6) is 2.43. The molecule has 2 heteroatoms. The Bertz CT molecular complexity index is 558. The number of benzene rings is 1. The van der Waals surface area contributed by atoms with Crippen molar-refractivity contribution in [2.24, 2.45) is 17.8 Å². The van der Waals surface area contributed by atoms with Crippen LogP contribution in [-0.4, -0.2) is 5.97 Å². The lowest BCUT2D eigenvalue weighted by molar-refractivity contribution is -0.141. The molecule has 0 radical (unpaired) electrons. The van der Waals surface area contributed by atoms with E-state index in [1.54, 1.807) is 0 Å². The number of esters is 1. The van der Waals surface area contributed by atoms with Crippen molar-refractivity contribution in [2.75, 3.05) is 0 Å². The summed E-state index contributed by atoms with van der Waals surface area (Å²) in [6.45, 7) is 6.70. The third-order valence-corrected chi connectivity index (χ3v) is 6.61. The summed E-state index contributed by atoms with van der Waals surface area (Å²) in [5, 5.41) is 0. The molecule has 0 saturated heterocycles. The van der Waals surface area contributed by atoms with Gasteiger partial charge in [0.2, 0.25) is 0 Å². The predicted octanol–water partition coefficient (Wildman–Crippen LogP) is 5.89. The highest BCUT2D eigenvalue weighted by Crippen LogP contribution is 2.43. The van der Waals surface area contributed by atoms with Crippen LogP contribution >= 0.6 is 0 Å². The second-order valence-electron chi connectivity index (χ2n) is 8.50. The number of hydrogen-bond donors (Lipinski definition) is 0. The molecule has 2 saturated carbocycles. The molecule has 0 N–H and O–H groups in total. The Hall–Kier alpha value is -1.31. The highest BCUT2D eigenvalue weighted by molar-refractivity contribution is 5.75. The van der Waals surface area contributed by atoms with Crippen molar-refractivity contribution in [3.05, 3.63) is 29.8 Å². The minimum atomic E-state index is -0.0125. The monoisotopic (exact) mass is 328 g/mol. The van der Waals surface area contributed by atoms with Gasteiger partial charge in [-0.05, 0) is 60.6 Å². The van der Waals surface area contributed by atoms with Gasteiger partial charge in [0.25, 0.3) is 0 Å². The van der Waals surface area contributed by atoms with Crippen LogP contribution in [0.4, 0.5) is 0 Å². The fourth-order valence-electron chi connectivity index (χ4n) is 4.47. The minimum absolute atomic E-state index is 0.0125. The molecule has 24 heavy (non-hydrogen) atoms. The maximum Gasteiger partial charge on any atom is 0.314 e. The van der Waals surface area contributed by atoms with Gasteiger partial charge in [0, 0.05) is 0 Å². The summed E-state index contributed by atoms with van der Waals surface area (Å²) in [5.41, 5.74) is 1.47. The van der Waals surface area contributed by atoms with E-state index in [2.05, 4.69) is 32.9 Å². The number of carbonyl (C=O) groups is 1. The molecule has 1 aromatic carbocycles. The lowest BCUT2D eigenvalue weighted by Crippen LogP contribution is -2.33. The van der Waals surface area contributed by atoms with E-state index in [1.807, 2.05) is 12.1 Å². The number of hydrogen-bond acceptors (Lipinski definition) is 2. The molecule has 0 bridgehead atoms. The van der Waals surface area contributed by atoms with E-state index in [9.17, 15) is 4.79 Å². The van der Waals surface area contributed by atoms with Crippen LogP contribution in [0.15, 0.2) is 24.3 Å². The second kappa shape index (κ2) is 7.29. The van der Waals surface area contributed by atoms with Gasteiger partial charge in [-0.1, -0.05) is 58.6 Å². The quantitative estimate of drug-likeness (QED) is 0.509. The number of ether oxygens (including phenoxy) is 1. The van der Waals surface area contributed by atoms with Crippen molar-refractivity contribution in [2.45, 2.75) is 77.6 Å². The van der Waals surface area contributed by atoms with Gasteiger partial charge in [0.05, 0.1) is 5.92 Å². The molecule has 0 amide bonds. The normalized spacial score (nSPS) is 27.4. The van der Waals surface area contributed by atoms with Gasteiger partial charge in [-0.25, -0.2) is 0 Å². The molecule has 2 aliphatic rings. The number of rotatable bonds is 4. The molecule has 0 heterocycles. The maximum absolute atomic E-state index is 12.6. The second-order valence-corrected chi connectivity index (χ2v) is 8.50. The fourth-order valence-corrected chi connectivity index (χ4v) is 4.47. The summed E-state index contributed by atoms with van der Waals surface area (Å²) in [6.07, 6.45) is 9.79. The molecule has 2 nitrogen and oxygen atoms in total. The molecular formula is C22H32O2. The van der Waals surface area contributed by atoms with Gasteiger partial charge in [0.1, 0.15) is 5.75 Å². The van der Waals surface area contributed by atoms with Crippen LogP contribution in [0.5, 0.6) is 5.75 Å². The van der Waals surface area contributed by atoms with Crippen LogP contribution in [0.1, 0.15) is 77.7 Å². The molecule has 3 atom stereocenters. The molecule has 3 unspecified atom stereocenters. The summed E-state index contributed by atoms with van der Waals surface area (Å²) in [6, 6.07) is 8.11. The van der Waals surface area contributed by atoms with Crippen molar-refractivity contribution >= 4 is 5.97 Å². The first-order valence-corrected chi connectivity index (χ1v) is 9.82. The van der Waals surface area contributed by atoms with Gasteiger partial charge >= 0.3 is 5.97 Å². The van der Waals surface area contributed by atoms with Gasteiger partial charge in [-0.3, -0.25) is 4.79 Å². The Kier molecular flexibility index (Phi) is 5.32. The molecule has 132 valence electrons. The first-order valence-electron chi connectivity index (χ1n) is 9.82. The van der Waals surface area contributed by atoms with Crippen molar-refractivity contribution in [3.63, 3.8) is 0 Å². The van der Waals surface area contributed by atoms with E-state index < -0.39 is 0 Å². The molecule has 2 fully saturated rings. The lowest BCUT2D eigenvalue weighted by atomic mass is 9.67. The largest absolute Gasteiger partial charge is 0.426 e. The van der Waals surface area contributed by atoms with E-state index in [4.69, 9.17) is 4.74 Å². The predicted molar refractivity (Wildman–Crippen MR) is 98.2 cm³/mol. The van der Waals surface area contributed by atoms with Crippen LogP contribution in [0.3, 0.4) is 0 Å². The number of fused-ring (bicyclic) bond motifs is 1. The highest BCUT2D eigenvalue weighted by Gasteiger charge is 2.35. The fraction of sp³-hybridized carbons (Fsp3) is 0.682. The van der Waals surface area contributed by atoms with Crippen molar-refractivity contribution in [1.29, 1.82) is 0 Å². The first kappa shape index (κ1) is 17.5. The highest BCUT2D eigenvalue weighted by atomic mass is 16.5. The Morgan fingerprint density at radius 3 is 2.38 bits per heavy atom. The van der Waals surface area contributed by atoms with Gasteiger partial charge in [0.15, 0.2) is 0 Å². The Labute approximate surface area is 147 Å². The molecule has 0 aromatic heterocycles. The zero-order valence-electron chi connectivity index (χ0n) is 15.5. The smallest absolute Gasteiger partial charge is 0.314 e. The maximum atomic E-state index is 12.6. The third kappa shape index (κ3) is 3.84. The molecule has 3 rings (SSSR count). The van der Waals surface area contributed by atoms with Crippen LogP contribution in [-0.2, 0) is 10.2 Å². The van der Waals surface area contributed by atoms with Crippen molar-refractivity contribution in [1.82, 2.24) is 0 Å². The zero-order chi connectivity index (χ0) is 17.2. The zero-order valence-corrected chi connectivity index (χ0v) is 15.5. The molecule has 0 aliphatic heterocycles. The molecule has 1 aromatic rings. The topological polar surface area (TPSA) is 26.3 Å². The summed E-state index contributed by atoms with van der Waals surface area (Å²) < 4.78 is 5.70. The molecule has 2 aliphatic carbocycles. The van der Waals surface area contributed by atoms with Crippen LogP contribution in [0, 0.1) is 17.8 Å². The first-order chi connectivity index (χ1) is 11.5. The van der Waals surface area contributed by atoms with Gasteiger partial charge in [-0.15, -0.1) is 0 Å². The lowest BCUT2D eigenvalue weighted by Gasteiger charge is -2.38. The Morgan fingerprint density at radius 2 is 1.71 bits per heavy atom. The van der Waals surface area contributed by atoms with Crippen molar-refractivity contribution in [3.8, 4) is 5.75 Å². The molecule has 0 spiro atoms. The van der Waals surface area contributed by atoms with Gasteiger partial charge < -0.3 is 4.74 Å². The summed E-state index contributed by atoms with van der Waals surface area (Å²) >= 11 is 0. The SMILES string of the molecule is CCC(C)(C)c1ccc(OC(=O)C2CCC3CCCCC3C2)cc1. The van der Waals surface area contributed by atoms with Crippen LogP contribution in [0.25, 0.3) is 0 Å². The van der Waals surface area contributed by atoms with Crippen LogP contribution in [0.2, 0.25) is 0 Å². The summed E-state index contributed by atoms with van der Waals surface area (Å²) in [7, 11) is 0.